The Labute approximate surface area is 121 Å². The third-order valence-electron chi connectivity index (χ3n) is 3.60. The van der Waals surface area contributed by atoms with Crippen LogP contribution in [0.4, 0.5) is 0 Å². The van der Waals surface area contributed by atoms with E-state index in [9.17, 15) is 8.42 Å². The van der Waals surface area contributed by atoms with Gasteiger partial charge in [0.2, 0.25) is 10.0 Å². The first kappa shape index (κ1) is 15.3. The Hall–Kier alpha value is -1.07. The molecule has 0 saturated heterocycles. The fraction of sp³-hybridized carbons (Fsp3) is 0.600. The second kappa shape index (κ2) is 6.14. The topological polar surface area (TPSA) is 55.4 Å². The molecule has 1 aromatic carbocycles. The molecule has 112 valence electrons. The van der Waals surface area contributed by atoms with Crippen molar-refractivity contribution in [1.29, 1.82) is 0 Å². The Kier molecular flexibility index (Phi) is 4.70. The lowest BCUT2D eigenvalue weighted by molar-refractivity contribution is 0.400. The van der Waals surface area contributed by atoms with Gasteiger partial charge in [-0.1, -0.05) is 13.8 Å². The second-order valence-corrected chi connectivity index (χ2v) is 7.46. The first-order valence-corrected chi connectivity index (χ1v) is 8.62. The van der Waals surface area contributed by atoms with Crippen molar-refractivity contribution in [1.82, 2.24) is 4.72 Å². The Morgan fingerprint density at radius 1 is 1.20 bits per heavy atom. The Morgan fingerprint density at radius 3 is 2.35 bits per heavy atom. The fourth-order valence-corrected chi connectivity index (χ4v) is 3.88. The van der Waals surface area contributed by atoms with Crippen LogP contribution in [0.15, 0.2) is 17.0 Å². The minimum absolute atomic E-state index is 0.265. The molecule has 0 atom stereocenters. The molecular formula is C15H23NO3S. The number of ether oxygens (including phenoxy) is 1. The molecule has 0 unspecified atom stereocenters. The highest BCUT2D eigenvalue weighted by molar-refractivity contribution is 7.89. The molecular weight excluding hydrogens is 274 g/mol. The van der Waals surface area contributed by atoms with Crippen molar-refractivity contribution in [3.8, 4) is 5.75 Å². The number of benzene rings is 1. The van der Waals surface area contributed by atoms with Gasteiger partial charge in [0.1, 0.15) is 10.6 Å². The maximum Gasteiger partial charge on any atom is 0.244 e. The third-order valence-corrected chi connectivity index (χ3v) is 5.04. The van der Waals surface area contributed by atoms with Crippen molar-refractivity contribution in [2.45, 2.75) is 44.4 Å². The summed E-state index contributed by atoms with van der Waals surface area (Å²) in [5, 5.41) is 0. The lowest BCUT2D eigenvalue weighted by atomic mass is 9.92. The number of sulfonamides is 1. The van der Waals surface area contributed by atoms with Crippen LogP contribution >= 0.6 is 0 Å². The van der Waals surface area contributed by atoms with Gasteiger partial charge < -0.3 is 4.74 Å². The van der Waals surface area contributed by atoms with Gasteiger partial charge in [-0.25, -0.2) is 13.1 Å². The van der Waals surface area contributed by atoms with E-state index in [4.69, 9.17) is 4.74 Å². The summed E-state index contributed by atoms with van der Waals surface area (Å²) in [6.45, 7) is 4.39. The number of fused-ring (bicyclic) bond motifs is 1. The summed E-state index contributed by atoms with van der Waals surface area (Å²) in [6, 6.07) is 3.68. The molecule has 2 rings (SSSR count). The highest BCUT2D eigenvalue weighted by Crippen LogP contribution is 2.31. The Bertz CT molecular complexity index is 579. The van der Waals surface area contributed by atoms with Crippen molar-refractivity contribution >= 4 is 10.0 Å². The van der Waals surface area contributed by atoms with Gasteiger partial charge in [0.05, 0.1) is 7.11 Å². The van der Waals surface area contributed by atoms with E-state index in [1.807, 2.05) is 19.9 Å². The molecule has 0 radical (unpaired) electrons. The van der Waals surface area contributed by atoms with Crippen LogP contribution in [0.5, 0.6) is 5.75 Å². The van der Waals surface area contributed by atoms with E-state index in [2.05, 4.69) is 4.72 Å². The minimum atomic E-state index is -3.51. The predicted molar refractivity (Wildman–Crippen MR) is 79.7 cm³/mol. The van der Waals surface area contributed by atoms with Crippen molar-refractivity contribution in [2.75, 3.05) is 13.7 Å². The second-order valence-electron chi connectivity index (χ2n) is 5.72. The van der Waals surface area contributed by atoms with Crippen LogP contribution in [0.3, 0.4) is 0 Å². The molecule has 0 saturated carbocycles. The molecule has 0 spiro atoms. The molecule has 1 aromatic rings. The molecule has 0 aliphatic heterocycles. The van der Waals surface area contributed by atoms with E-state index in [-0.39, 0.29) is 10.8 Å². The highest BCUT2D eigenvalue weighted by atomic mass is 32.2. The summed E-state index contributed by atoms with van der Waals surface area (Å²) >= 11 is 0. The number of hydrogen-bond donors (Lipinski definition) is 1. The lowest BCUT2D eigenvalue weighted by Crippen LogP contribution is -2.28. The van der Waals surface area contributed by atoms with Crippen LogP contribution < -0.4 is 9.46 Å². The standard InChI is InChI=1S/C15H23NO3S/c1-11(2)10-16-20(17,18)15-9-13-7-5-4-6-12(13)8-14(15)19-3/h8-9,11,16H,4-7,10H2,1-3H3. The molecule has 1 N–H and O–H groups in total. The molecule has 1 aliphatic carbocycles. The fourth-order valence-electron chi connectivity index (χ4n) is 2.46. The van der Waals surface area contributed by atoms with Crippen LogP contribution in [-0.4, -0.2) is 22.1 Å². The number of methoxy groups -OCH3 is 1. The summed E-state index contributed by atoms with van der Waals surface area (Å²) in [4.78, 5) is 0.265. The zero-order chi connectivity index (χ0) is 14.8. The number of aryl methyl sites for hydroxylation is 2. The largest absolute Gasteiger partial charge is 0.495 e. The molecule has 5 heteroatoms. The zero-order valence-corrected chi connectivity index (χ0v) is 13.2. The summed E-state index contributed by atoms with van der Waals surface area (Å²) in [5.41, 5.74) is 2.36. The van der Waals surface area contributed by atoms with Crippen LogP contribution in [0.1, 0.15) is 37.8 Å². The van der Waals surface area contributed by atoms with Gasteiger partial charge in [-0.15, -0.1) is 0 Å². The number of rotatable bonds is 5. The first-order chi connectivity index (χ1) is 9.44. The predicted octanol–water partition coefficient (Wildman–Crippen LogP) is 2.51. The molecule has 1 aliphatic rings. The maximum atomic E-state index is 12.4. The average molecular weight is 297 g/mol. The normalized spacial score (nSPS) is 15.2. The van der Waals surface area contributed by atoms with E-state index in [0.717, 1.165) is 31.2 Å². The van der Waals surface area contributed by atoms with Crippen LogP contribution in [0.2, 0.25) is 0 Å². The van der Waals surface area contributed by atoms with E-state index < -0.39 is 10.0 Å². The van der Waals surface area contributed by atoms with Crippen molar-refractivity contribution < 1.29 is 13.2 Å². The van der Waals surface area contributed by atoms with Gasteiger partial charge in [0.15, 0.2) is 0 Å². The van der Waals surface area contributed by atoms with Gasteiger partial charge >= 0.3 is 0 Å². The van der Waals surface area contributed by atoms with Gasteiger partial charge in [-0.3, -0.25) is 0 Å². The summed E-state index contributed by atoms with van der Waals surface area (Å²) in [7, 11) is -1.99. The van der Waals surface area contributed by atoms with Crippen LogP contribution in [0, 0.1) is 5.92 Å². The Morgan fingerprint density at radius 2 is 1.80 bits per heavy atom. The molecule has 0 fully saturated rings. The number of nitrogens with one attached hydrogen (secondary N) is 1. The molecule has 0 bridgehead atoms. The van der Waals surface area contributed by atoms with Gasteiger partial charge in [-0.2, -0.15) is 0 Å². The smallest absolute Gasteiger partial charge is 0.244 e. The van der Waals surface area contributed by atoms with Crippen molar-refractivity contribution in [2.24, 2.45) is 5.92 Å². The van der Waals surface area contributed by atoms with Gasteiger partial charge in [-0.05, 0) is 54.9 Å². The van der Waals surface area contributed by atoms with Gasteiger partial charge in [0.25, 0.3) is 0 Å². The van der Waals surface area contributed by atoms with Crippen LogP contribution in [-0.2, 0) is 22.9 Å². The number of hydrogen-bond acceptors (Lipinski definition) is 3. The van der Waals surface area contributed by atoms with Crippen LogP contribution in [0.25, 0.3) is 0 Å². The van der Waals surface area contributed by atoms with E-state index in [1.165, 1.54) is 12.7 Å². The molecule has 20 heavy (non-hydrogen) atoms. The Balaban J connectivity index is 2.39. The monoisotopic (exact) mass is 297 g/mol. The lowest BCUT2D eigenvalue weighted by Gasteiger charge is -2.19. The van der Waals surface area contributed by atoms with Gasteiger partial charge in [0, 0.05) is 6.54 Å². The SMILES string of the molecule is COc1cc2c(cc1S(=O)(=O)NCC(C)C)CCCC2. The molecule has 0 amide bonds. The summed E-state index contributed by atoms with van der Waals surface area (Å²) in [5.74, 6) is 0.718. The summed E-state index contributed by atoms with van der Waals surface area (Å²) < 4.78 is 32.8. The highest BCUT2D eigenvalue weighted by Gasteiger charge is 2.23. The summed E-state index contributed by atoms with van der Waals surface area (Å²) in [6.07, 6.45) is 4.24. The zero-order valence-electron chi connectivity index (χ0n) is 12.4. The van der Waals surface area contributed by atoms with E-state index >= 15 is 0 Å². The molecule has 0 heterocycles. The first-order valence-electron chi connectivity index (χ1n) is 7.13. The quantitative estimate of drug-likeness (QED) is 0.908. The third kappa shape index (κ3) is 3.33. The molecule has 0 aromatic heterocycles. The maximum absolute atomic E-state index is 12.4. The van der Waals surface area contributed by atoms with Crippen molar-refractivity contribution in [3.63, 3.8) is 0 Å². The average Bonchev–Trinajstić information content (AvgIpc) is 2.43. The molecule has 4 nitrogen and oxygen atoms in total. The van der Waals surface area contributed by atoms with E-state index in [1.54, 1.807) is 6.07 Å². The minimum Gasteiger partial charge on any atom is -0.495 e. The van der Waals surface area contributed by atoms with E-state index in [0.29, 0.717) is 12.3 Å². The van der Waals surface area contributed by atoms with Crippen molar-refractivity contribution in [3.05, 3.63) is 23.3 Å².